The maximum absolute atomic E-state index is 7.44. The highest BCUT2D eigenvalue weighted by atomic mass is 16.5. The molecule has 426 valence electrons. The summed E-state index contributed by atoms with van der Waals surface area (Å²) in [6.07, 6.45) is 30.2. The average Bonchev–Trinajstić information content (AvgIpc) is 3.64. The number of ether oxygens (including phenoxy) is 2. The number of para-hydroxylation sites is 1. The minimum Gasteiger partial charge on any atom is -0.491 e. The van der Waals surface area contributed by atoms with Crippen molar-refractivity contribution in [3.8, 4) is 16.9 Å². The molecular weight excluding hydrogens is 1020 g/mol. The van der Waals surface area contributed by atoms with Gasteiger partial charge in [0.05, 0.1) is 34.8 Å². The van der Waals surface area contributed by atoms with Gasteiger partial charge in [0.15, 0.2) is 0 Å². The van der Waals surface area contributed by atoms with Gasteiger partial charge >= 0.3 is 0 Å². The normalized spacial score (nSPS) is 15.7. The van der Waals surface area contributed by atoms with Crippen molar-refractivity contribution in [2.75, 3.05) is 16.4 Å². The van der Waals surface area contributed by atoms with Crippen LogP contribution in [0.4, 0.5) is 22.7 Å². The van der Waals surface area contributed by atoms with Crippen LogP contribution in [0.2, 0.25) is 0 Å². The predicted octanol–water partition coefficient (Wildman–Crippen LogP) is 23.3. The van der Waals surface area contributed by atoms with Crippen molar-refractivity contribution in [3.05, 3.63) is 277 Å². The van der Waals surface area contributed by atoms with Crippen molar-refractivity contribution in [1.82, 2.24) is 0 Å². The number of hydrogen-bond acceptors (Lipinski definition) is 4. The van der Waals surface area contributed by atoms with E-state index in [1.807, 2.05) is 24.3 Å². The van der Waals surface area contributed by atoms with Crippen LogP contribution < -0.4 is 14.5 Å². The van der Waals surface area contributed by atoms with Crippen LogP contribution in [0.15, 0.2) is 261 Å². The van der Waals surface area contributed by atoms with Gasteiger partial charge in [-0.25, -0.2) is 0 Å². The molecule has 0 spiro atoms. The predicted molar refractivity (Wildman–Crippen MR) is 363 cm³/mol. The van der Waals surface area contributed by atoms with Gasteiger partial charge < -0.3 is 19.3 Å². The van der Waals surface area contributed by atoms with Crippen molar-refractivity contribution in [2.45, 2.75) is 124 Å². The minimum atomic E-state index is -0.358. The Labute approximate surface area is 501 Å². The van der Waals surface area contributed by atoms with E-state index < -0.39 is 0 Å². The van der Waals surface area contributed by atoms with Crippen LogP contribution in [0, 0.1) is 0 Å². The summed E-state index contributed by atoms with van der Waals surface area (Å²) in [5.74, 6) is 3.32. The molecule has 0 amide bonds. The highest BCUT2D eigenvalue weighted by Crippen LogP contribution is 2.56. The monoisotopic (exact) mass is 1100 g/mol. The molecule has 4 heteroatoms. The van der Waals surface area contributed by atoms with Gasteiger partial charge in [-0.15, -0.1) is 0 Å². The molecule has 10 rings (SSSR count). The van der Waals surface area contributed by atoms with Gasteiger partial charge in [-0.2, -0.15) is 0 Å². The van der Waals surface area contributed by atoms with E-state index in [1.165, 1.54) is 75.1 Å². The number of allylic oxidation sites excluding steroid dienone is 13. The van der Waals surface area contributed by atoms with Gasteiger partial charge in [-0.05, 0) is 156 Å². The van der Waals surface area contributed by atoms with Crippen LogP contribution in [-0.2, 0) is 10.2 Å². The molecule has 84 heavy (non-hydrogen) atoms. The smallest absolute Gasteiger partial charge is 0.141 e. The summed E-state index contributed by atoms with van der Waals surface area (Å²) in [5, 5.41) is 7.08. The summed E-state index contributed by atoms with van der Waals surface area (Å²) in [4.78, 5) is 4.88. The number of benzene rings is 8. The van der Waals surface area contributed by atoms with Crippen LogP contribution >= 0.6 is 0 Å². The molecule has 0 N–H and O–H groups in total. The Kier molecular flexibility index (Phi) is 18.7. The molecule has 0 saturated heterocycles. The second-order valence-corrected chi connectivity index (χ2v) is 22.9. The van der Waals surface area contributed by atoms with Crippen molar-refractivity contribution in [2.24, 2.45) is 0 Å². The maximum atomic E-state index is 7.44. The van der Waals surface area contributed by atoms with Crippen LogP contribution in [0.25, 0.3) is 49.0 Å². The first-order chi connectivity index (χ1) is 41.1. The van der Waals surface area contributed by atoms with Crippen molar-refractivity contribution in [1.29, 1.82) is 0 Å². The quantitative estimate of drug-likeness (QED) is 0.0222. The zero-order chi connectivity index (χ0) is 58.7. The number of rotatable bonds is 27. The van der Waals surface area contributed by atoms with Crippen molar-refractivity contribution < 1.29 is 9.47 Å². The third-order valence-corrected chi connectivity index (χ3v) is 17.5. The zero-order valence-corrected chi connectivity index (χ0v) is 50.7. The Morgan fingerprint density at radius 1 is 0.679 bits per heavy atom. The summed E-state index contributed by atoms with van der Waals surface area (Å²) in [7, 11) is 0. The molecule has 0 saturated carbocycles. The first kappa shape index (κ1) is 58.6. The van der Waals surface area contributed by atoms with E-state index in [9.17, 15) is 0 Å². The zero-order valence-electron chi connectivity index (χ0n) is 50.7. The summed E-state index contributed by atoms with van der Waals surface area (Å²) in [6.45, 7) is 30.7. The first-order valence-corrected chi connectivity index (χ1v) is 30.8. The van der Waals surface area contributed by atoms with Gasteiger partial charge in [0, 0.05) is 34.1 Å². The maximum Gasteiger partial charge on any atom is 0.141 e. The van der Waals surface area contributed by atoms with Crippen LogP contribution in [0.5, 0.6) is 5.75 Å². The van der Waals surface area contributed by atoms with Gasteiger partial charge in [-0.3, -0.25) is 0 Å². The third kappa shape index (κ3) is 11.7. The Morgan fingerprint density at radius 2 is 1.36 bits per heavy atom. The lowest BCUT2D eigenvalue weighted by Crippen LogP contribution is -2.30. The molecule has 4 nitrogen and oxygen atoms in total. The van der Waals surface area contributed by atoms with Crippen LogP contribution in [-0.4, -0.2) is 6.61 Å². The summed E-state index contributed by atoms with van der Waals surface area (Å²) >= 11 is 0. The van der Waals surface area contributed by atoms with E-state index in [0.29, 0.717) is 12.5 Å². The fourth-order valence-corrected chi connectivity index (χ4v) is 13.1. The van der Waals surface area contributed by atoms with Crippen molar-refractivity contribution >= 4 is 60.6 Å². The Hall–Kier alpha value is -8.60. The molecule has 1 aliphatic carbocycles. The molecule has 0 aromatic heterocycles. The van der Waals surface area contributed by atoms with E-state index in [-0.39, 0.29) is 5.41 Å². The van der Waals surface area contributed by atoms with Gasteiger partial charge in [0.2, 0.25) is 0 Å². The number of unbranched alkanes of at least 4 members (excludes halogenated alkanes) is 3. The molecule has 1 heterocycles. The average molecular weight is 1110 g/mol. The number of nitrogens with zero attached hydrogens (tertiary/aromatic N) is 2. The fourth-order valence-electron chi connectivity index (χ4n) is 13.1. The number of anilines is 4. The second kappa shape index (κ2) is 26.8. The Bertz CT molecular complexity index is 3880. The lowest BCUT2D eigenvalue weighted by Gasteiger charge is -2.35. The first-order valence-electron chi connectivity index (χ1n) is 30.8. The highest BCUT2D eigenvalue weighted by molar-refractivity contribution is 6.28. The molecular formula is C80H84N2O2. The summed E-state index contributed by atoms with van der Waals surface area (Å²) in [6, 6.07) is 53.9. The van der Waals surface area contributed by atoms with Crippen LogP contribution in [0.3, 0.4) is 0 Å². The Morgan fingerprint density at radius 3 is 2.02 bits per heavy atom. The Balaban J connectivity index is 1.17. The lowest BCUT2D eigenvalue weighted by atomic mass is 9.75. The minimum absolute atomic E-state index is 0.358. The topological polar surface area (TPSA) is 24.9 Å². The van der Waals surface area contributed by atoms with E-state index >= 15 is 0 Å². The molecule has 8 aromatic carbocycles. The van der Waals surface area contributed by atoms with Crippen LogP contribution in [0.1, 0.15) is 135 Å². The second-order valence-electron chi connectivity index (χ2n) is 22.9. The molecule has 0 radical (unpaired) electrons. The fraction of sp³-hybridized carbons (Fsp3) is 0.250. The van der Waals surface area contributed by atoms with E-state index in [1.54, 1.807) is 6.08 Å². The molecule has 1 unspecified atom stereocenters. The van der Waals surface area contributed by atoms with Gasteiger partial charge in [0.1, 0.15) is 17.3 Å². The molecule has 0 bridgehead atoms. The highest BCUT2D eigenvalue weighted by Gasteiger charge is 2.46. The largest absolute Gasteiger partial charge is 0.491 e. The molecule has 8 aromatic rings. The molecule has 1 aliphatic heterocycles. The third-order valence-electron chi connectivity index (χ3n) is 17.5. The molecule has 0 fully saturated rings. The number of hydrogen-bond donors (Lipinski definition) is 0. The van der Waals surface area contributed by atoms with E-state index in [4.69, 9.17) is 9.47 Å². The van der Waals surface area contributed by atoms with Gasteiger partial charge in [-0.1, -0.05) is 243 Å². The SMILES string of the molecule is C=C/C=C\C(=C)c1ccc(N(/C(C)=C(OCC/C(=C\C=C)CCCCCC)/C(=C\C=C)CC)c2ccc3ccc4c(N(C5=C6Oc7c(C(CC)CCC)cccc7[C@]6(C)CC=C5)c5ccc(-c6ccccc6)cc5)ccc5ccc2c3c54)cc1. The molecule has 2 aliphatic rings. The van der Waals surface area contributed by atoms with E-state index in [2.05, 4.69) is 248 Å². The van der Waals surface area contributed by atoms with Gasteiger partial charge in [0.25, 0.3) is 0 Å². The van der Waals surface area contributed by atoms with Crippen molar-refractivity contribution in [3.63, 3.8) is 0 Å². The summed E-state index contributed by atoms with van der Waals surface area (Å²) < 4.78 is 14.6. The standard InChI is InChI=1S/C80H84N2O2/c1-11-18-20-22-31-58(27-13-3)53-55-83-77(60(17-7)29-15-5)57(9)81(66-45-37-61(38-46-66)56(8)30-19-12-2)72-51-43-64-42-50-70-73(52-44-65-41-49-69(72)75(64)76(65)70)82(67-47-39-63(40-48-67)62-32-23-21-24-33-62)74-36-26-54-80(10)71-35-25-34-68(59(16-6)28-14-4)78(71)84-79(74)80/h12-13,15,19,21,23-27,29-30,32-52,59H,2-3,5,8,11,14,16-18,20,22,28,31,53-55H2,1,4,6-7,9-10H3/b30-19-,58-27-,60-29-,77-57-/t59?,80-/m0/s1. The number of fused-ring (bicyclic) bond motifs is 3. The lowest BCUT2D eigenvalue weighted by molar-refractivity contribution is 0.217. The van der Waals surface area contributed by atoms with E-state index in [0.717, 1.165) is 124 Å². The molecule has 2 atom stereocenters. The summed E-state index contributed by atoms with van der Waals surface area (Å²) in [5.41, 5.74) is 15.3.